The van der Waals surface area contributed by atoms with Gasteiger partial charge in [0.05, 0.1) is 11.6 Å². The van der Waals surface area contributed by atoms with Crippen LogP contribution in [0.15, 0.2) is 46.9 Å². The molecule has 8 heteroatoms. The molecule has 0 aliphatic heterocycles. The first-order chi connectivity index (χ1) is 12.9. The lowest BCUT2D eigenvalue weighted by molar-refractivity contribution is 0.0951. The second-order valence-corrected chi connectivity index (χ2v) is 6.85. The highest BCUT2D eigenvalue weighted by Gasteiger charge is 2.11. The molecule has 2 rings (SSSR count). The van der Waals surface area contributed by atoms with E-state index in [4.69, 9.17) is 17.0 Å². The number of hydrogen-bond donors (Lipinski definition) is 3. The Morgan fingerprint density at radius 2 is 1.74 bits per heavy atom. The van der Waals surface area contributed by atoms with Crippen LogP contribution >= 0.6 is 28.1 Å². The fourth-order valence-corrected chi connectivity index (χ4v) is 2.94. The van der Waals surface area contributed by atoms with Crippen molar-refractivity contribution < 1.29 is 14.3 Å². The predicted molar refractivity (Wildman–Crippen MR) is 113 cm³/mol. The Morgan fingerprint density at radius 1 is 1.07 bits per heavy atom. The SMILES string of the molecule is CCCNC(=O)c1ccc(NC(=S)NC(=O)c2ccc(OC)c(Br)c2)cc1. The number of amides is 2. The van der Waals surface area contributed by atoms with E-state index in [0.717, 1.165) is 6.42 Å². The minimum Gasteiger partial charge on any atom is -0.496 e. The van der Waals surface area contributed by atoms with Gasteiger partial charge in [0.2, 0.25) is 0 Å². The van der Waals surface area contributed by atoms with Gasteiger partial charge in [0.25, 0.3) is 11.8 Å². The van der Waals surface area contributed by atoms with E-state index >= 15 is 0 Å². The van der Waals surface area contributed by atoms with Crippen LogP contribution < -0.4 is 20.7 Å². The number of halogens is 1. The number of methoxy groups -OCH3 is 1. The minimum absolute atomic E-state index is 0.121. The molecule has 0 spiro atoms. The van der Waals surface area contributed by atoms with E-state index in [2.05, 4.69) is 31.9 Å². The molecule has 0 aromatic heterocycles. The first-order valence-electron chi connectivity index (χ1n) is 8.28. The quantitative estimate of drug-likeness (QED) is 0.585. The van der Waals surface area contributed by atoms with Gasteiger partial charge in [0, 0.05) is 23.4 Å². The summed E-state index contributed by atoms with van der Waals surface area (Å²) in [5, 5.41) is 8.51. The number of rotatable bonds is 6. The molecule has 2 amide bonds. The molecule has 0 fully saturated rings. The molecule has 3 N–H and O–H groups in total. The van der Waals surface area contributed by atoms with Crippen molar-refractivity contribution in [3.05, 3.63) is 58.1 Å². The molecule has 142 valence electrons. The van der Waals surface area contributed by atoms with Gasteiger partial charge < -0.3 is 15.4 Å². The van der Waals surface area contributed by atoms with Crippen molar-refractivity contribution in [2.75, 3.05) is 19.0 Å². The zero-order valence-corrected chi connectivity index (χ0v) is 17.4. The molecule has 27 heavy (non-hydrogen) atoms. The highest BCUT2D eigenvalue weighted by atomic mass is 79.9. The van der Waals surface area contributed by atoms with Gasteiger partial charge in [-0.05, 0) is 77.0 Å². The van der Waals surface area contributed by atoms with Crippen LogP contribution in [-0.4, -0.2) is 30.6 Å². The molecule has 0 saturated heterocycles. The lowest BCUT2D eigenvalue weighted by Crippen LogP contribution is -2.34. The second kappa shape index (κ2) is 10.0. The third-order valence-corrected chi connectivity index (χ3v) is 4.41. The first-order valence-corrected chi connectivity index (χ1v) is 9.49. The second-order valence-electron chi connectivity index (χ2n) is 5.59. The normalized spacial score (nSPS) is 10.0. The summed E-state index contributed by atoms with van der Waals surface area (Å²) >= 11 is 8.52. The van der Waals surface area contributed by atoms with Gasteiger partial charge in [0.1, 0.15) is 5.75 Å². The molecule has 0 unspecified atom stereocenters. The molecule has 0 bridgehead atoms. The van der Waals surface area contributed by atoms with Gasteiger partial charge in [-0.25, -0.2) is 0 Å². The zero-order chi connectivity index (χ0) is 19.8. The Hall–Kier alpha value is -2.45. The largest absolute Gasteiger partial charge is 0.496 e. The molecule has 0 atom stereocenters. The summed E-state index contributed by atoms with van der Waals surface area (Å²) in [6.07, 6.45) is 0.879. The van der Waals surface area contributed by atoms with E-state index in [1.165, 1.54) is 0 Å². The summed E-state index contributed by atoms with van der Waals surface area (Å²) in [4.78, 5) is 24.2. The van der Waals surface area contributed by atoms with Crippen molar-refractivity contribution >= 4 is 50.8 Å². The van der Waals surface area contributed by atoms with Crippen molar-refractivity contribution in [2.24, 2.45) is 0 Å². The third kappa shape index (κ3) is 6.04. The molecule has 0 heterocycles. The maximum atomic E-state index is 12.3. The van der Waals surface area contributed by atoms with Gasteiger partial charge in [0.15, 0.2) is 5.11 Å². The number of anilines is 1. The Bertz CT molecular complexity index is 841. The maximum absolute atomic E-state index is 12.3. The molecular formula is C19H20BrN3O3S. The summed E-state index contributed by atoms with van der Waals surface area (Å²) in [5.74, 6) is 0.172. The topological polar surface area (TPSA) is 79.5 Å². The molecule has 0 radical (unpaired) electrons. The minimum atomic E-state index is -0.341. The van der Waals surface area contributed by atoms with E-state index < -0.39 is 0 Å². The maximum Gasteiger partial charge on any atom is 0.257 e. The van der Waals surface area contributed by atoms with Crippen LogP contribution in [0.2, 0.25) is 0 Å². The number of benzene rings is 2. The number of nitrogens with one attached hydrogen (secondary N) is 3. The fourth-order valence-electron chi connectivity index (χ4n) is 2.19. The van der Waals surface area contributed by atoms with Crippen LogP contribution in [0.1, 0.15) is 34.1 Å². The summed E-state index contributed by atoms with van der Waals surface area (Å²) in [5.41, 5.74) is 1.67. The monoisotopic (exact) mass is 449 g/mol. The lowest BCUT2D eigenvalue weighted by Gasteiger charge is -2.11. The van der Waals surface area contributed by atoms with Crippen molar-refractivity contribution in [1.29, 1.82) is 0 Å². The standard InChI is InChI=1S/C19H20BrN3O3S/c1-3-10-21-17(24)12-4-7-14(8-5-12)22-19(27)23-18(25)13-6-9-16(26-2)15(20)11-13/h4-9,11H,3,10H2,1-2H3,(H,21,24)(H2,22,23,25,27). The molecular weight excluding hydrogens is 430 g/mol. The number of carbonyl (C=O) groups is 2. The van der Waals surface area contributed by atoms with Crippen LogP contribution in [0, 0.1) is 0 Å². The van der Waals surface area contributed by atoms with Gasteiger partial charge in [-0.15, -0.1) is 0 Å². The van der Waals surface area contributed by atoms with Crippen molar-refractivity contribution in [3.63, 3.8) is 0 Å². The van der Waals surface area contributed by atoms with E-state index in [1.807, 2.05) is 6.92 Å². The van der Waals surface area contributed by atoms with Crippen LogP contribution in [0.25, 0.3) is 0 Å². The molecule has 6 nitrogen and oxygen atoms in total. The Morgan fingerprint density at radius 3 is 2.33 bits per heavy atom. The van der Waals surface area contributed by atoms with E-state index in [9.17, 15) is 9.59 Å². The Kier molecular flexibility index (Phi) is 7.75. The average Bonchev–Trinajstić information content (AvgIpc) is 2.66. The first kappa shape index (κ1) is 20.9. The summed E-state index contributed by atoms with van der Waals surface area (Å²) in [6, 6.07) is 11.8. The number of hydrogen-bond acceptors (Lipinski definition) is 4. The lowest BCUT2D eigenvalue weighted by atomic mass is 10.2. The number of ether oxygens (including phenoxy) is 1. The number of thiocarbonyl (C=S) groups is 1. The zero-order valence-electron chi connectivity index (χ0n) is 15.0. The molecule has 2 aromatic rings. The van der Waals surface area contributed by atoms with Crippen LogP contribution in [0.4, 0.5) is 5.69 Å². The Labute approximate surface area is 171 Å². The molecule has 0 aliphatic carbocycles. The van der Waals surface area contributed by atoms with Crippen molar-refractivity contribution in [2.45, 2.75) is 13.3 Å². The van der Waals surface area contributed by atoms with E-state index in [0.29, 0.717) is 33.6 Å². The highest BCUT2D eigenvalue weighted by Crippen LogP contribution is 2.25. The van der Waals surface area contributed by atoms with Crippen molar-refractivity contribution in [1.82, 2.24) is 10.6 Å². The smallest absolute Gasteiger partial charge is 0.257 e. The molecule has 2 aromatic carbocycles. The molecule has 0 saturated carbocycles. The number of carbonyl (C=O) groups excluding carboxylic acids is 2. The van der Waals surface area contributed by atoms with E-state index in [-0.39, 0.29) is 16.9 Å². The predicted octanol–water partition coefficient (Wildman–Crippen LogP) is 3.72. The van der Waals surface area contributed by atoms with Crippen LogP contribution in [0.5, 0.6) is 5.75 Å². The molecule has 0 aliphatic rings. The fraction of sp³-hybridized carbons (Fsp3) is 0.211. The average molecular weight is 450 g/mol. The van der Waals surface area contributed by atoms with Gasteiger partial charge in [-0.2, -0.15) is 0 Å². The van der Waals surface area contributed by atoms with Gasteiger partial charge in [-0.3, -0.25) is 14.9 Å². The van der Waals surface area contributed by atoms with Crippen LogP contribution in [-0.2, 0) is 0 Å². The highest BCUT2D eigenvalue weighted by molar-refractivity contribution is 9.10. The summed E-state index contributed by atoms with van der Waals surface area (Å²) < 4.78 is 5.82. The summed E-state index contributed by atoms with van der Waals surface area (Å²) in [6.45, 7) is 2.63. The van der Waals surface area contributed by atoms with E-state index in [1.54, 1.807) is 49.6 Å². The summed E-state index contributed by atoms with van der Waals surface area (Å²) in [7, 11) is 1.55. The third-order valence-electron chi connectivity index (χ3n) is 3.58. The van der Waals surface area contributed by atoms with Gasteiger partial charge in [-0.1, -0.05) is 6.92 Å². The van der Waals surface area contributed by atoms with Gasteiger partial charge >= 0.3 is 0 Å². The van der Waals surface area contributed by atoms with Crippen molar-refractivity contribution in [3.8, 4) is 5.75 Å². The van der Waals surface area contributed by atoms with Crippen LogP contribution in [0.3, 0.4) is 0 Å². The Balaban J connectivity index is 1.94.